The third-order valence-electron chi connectivity index (χ3n) is 14.6. The summed E-state index contributed by atoms with van der Waals surface area (Å²) in [7, 11) is 1.24. The lowest BCUT2D eigenvalue weighted by molar-refractivity contribution is -0.870. The topological polar surface area (TPSA) is 108 Å². The van der Waals surface area contributed by atoms with Gasteiger partial charge in [0.1, 0.15) is 13.2 Å². The van der Waals surface area contributed by atoms with Crippen LogP contribution in [0.2, 0.25) is 0 Å². The number of hydrogen-bond donors (Lipinski definition) is 2. The number of nitrogens with one attached hydrogen (secondary N) is 1. The van der Waals surface area contributed by atoms with Gasteiger partial charge in [0.25, 0.3) is 7.82 Å². The lowest BCUT2D eigenvalue weighted by Gasteiger charge is -2.29. The number of amides is 1. The second-order valence-corrected chi connectivity index (χ2v) is 24.8. The van der Waals surface area contributed by atoms with Gasteiger partial charge >= 0.3 is 0 Å². The first-order chi connectivity index (χ1) is 38.0. The van der Waals surface area contributed by atoms with Gasteiger partial charge in [0.2, 0.25) is 5.91 Å². The molecule has 0 spiro atoms. The summed E-state index contributed by atoms with van der Waals surface area (Å²) in [6, 6.07) is -0.914. The Labute approximate surface area is 484 Å². The highest BCUT2D eigenvalue weighted by molar-refractivity contribution is 7.45. The molecular weight excluding hydrogens is 984 g/mol. The third-order valence-corrected chi connectivity index (χ3v) is 15.5. The number of nitrogens with zero attached hydrogens (tertiary/aromatic N) is 1. The molecule has 2 N–H and O–H groups in total. The van der Waals surface area contributed by atoms with Crippen LogP contribution >= 0.6 is 7.82 Å². The minimum atomic E-state index is -4.62. The smallest absolute Gasteiger partial charge is 0.268 e. The minimum Gasteiger partial charge on any atom is -0.756 e. The van der Waals surface area contributed by atoms with Gasteiger partial charge in [-0.15, -0.1) is 0 Å². The van der Waals surface area contributed by atoms with Crippen LogP contribution in [0.15, 0.2) is 85.1 Å². The molecule has 0 aliphatic rings. The molecule has 0 aliphatic carbocycles. The fourth-order valence-corrected chi connectivity index (χ4v) is 10.2. The number of likely N-dealkylation sites (N-methyl/N-ethyl adjacent to an activating group) is 1. The first kappa shape index (κ1) is 75.7. The molecule has 9 heteroatoms. The molecular formula is C69H127N2O6P. The Morgan fingerprint density at radius 3 is 1.19 bits per heavy atom. The number of phosphoric acid groups is 1. The molecule has 0 aliphatic heterocycles. The third kappa shape index (κ3) is 61.3. The normalized spacial score (nSPS) is 14.3. The van der Waals surface area contributed by atoms with Crippen molar-refractivity contribution in [2.24, 2.45) is 0 Å². The van der Waals surface area contributed by atoms with Crippen molar-refractivity contribution in [2.75, 3.05) is 40.9 Å². The molecule has 1 amide bonds. The first-order valence-electron chi connectivity index (χ1n) is 32.9. The Hall–Kier alpha value is -2.32. The SMILES string of the molecule is CC/C=C\C/C=C\C/C=C\C/C=C\CCCCCCCCCCCCCCCCCCCCC(=O)NC(COP(=O)([O-])OCC[N+](C)(C)C)C(O)/C=C/CC/C=C/CC/C=C/CCCCCCCCCCCCCCCCC. The Morgan fingerprint density at radius 2 is 0.795 bits per heavy atom. The van der Waals surface area contributed by atoms with E-state index in [9.17, 15) is 19.4 Å². The number of quaternary nitrogens is 1. The van der Waals surface area contributed by atoms with Gasteiger partial charge < -0.3 is 28.8 Å². The molecule has 3 atom stereocenters. The number of allylic oxidation sites excluding steroid dienone is 13. The van der Waals surface area contributed by atoms with Crippen molar-refractivity contribution in [1.29, 1.82) is 0 Å². The molecule has 0 aromatic carbocycles. The number of carbonyl (C=O) groups is 1. The number of carbonyl (C=O) groups excluding carboxylic acids is 1. The Morgan fingerprint density at radius 1 is 0.462 bits per heavy atom. The van der Waals surface area contributed by atoms with Gasteiger partial charge in [0.15, 0.2) is 0 Å². The molecule has 8 nitrogen and oxygen atoms in total. The summed E-state index contributed by atoms with van der Waals surface area (Å²) in [5, 5.41) is 13.9. The van der Waals surface area contributed by atoms with E-state index in [1.165, 1.54) is 205 Å². The van der Waals surface area contributed by atoms with Crippen molar-refractivity contribution in [3.63, 3.8) is 0 Å². The zero-order valence-electron chi connectivity index (χ0n) is 51.9. The molecule has 0 radical (unpaired) electrons. The van der Waals surface area contributed by atoms with Crippen molar-refractivity contribution in [3.05, 3.63) is 85.1 Å². The lowest BCUT2D eigenvalue weighted by Crippen LogP contribution is -2.45. The maximum absolute atomic E-state index is 13.0. The number of unbranched alkanes of at least 4 members (excludes halogenated alkanes) is 35. The monoisotopic (exact) mass is 1110 g/mol. The quantitative estimate of drug-likeness (QED) is 0.0272. The molecule has 0 heterocycles. The number of aliphatic hydroxyl groups is 1. The Balaban J connectivity index is 4.15. The second kappa shape index (κ2) is 59.3. The predicted molar refractivity (Wildman–Crippen MR) is 339 cm³/mol. The van der Waals surface area contributed by atoms with Crippen molar-refractivity contribution >= 4 is 13.7 Å². The number of hydrogen-bond acceptors (Lipinski definition) is 6. The molecule has 78 heavy (non-hydrogen) atoms. The zero-order chi connectivity index (χ0) is 57.0. The highest BCUT2D eigenvalue weighted by Crippen LogP contribution is 2.38. The van der Waals surface area contributed by atoms with Crippen molar-refractivity contribution < 1.29 is 32.9 Å². The molecule has 454 valence electrons. The summed E-state index contributed by atoms with van der Waals surface area (Å²) in [5.41, 5.74) is 0. The summed E-state index contributed by atoms with van der Waals surface area (Å²) in [6.07, 6.45) is 84.1. The summed E-state index contributed by atoms with van der Waals surface area (Å²) in [5.74, 6) is -0.210. The van der Waals surface area contributed by atoms with E-state index in [-0.39, 0.29) is 12.5 Å². The van der Waals surface area contributed by atoms with Crippen LogP contribution in [0.4, 0.5) is 0 Å². The summed E-state index contributed by atoms with van der Waals surface area (Å²) >= 11 is 0. The number of aliphatic hydroxyl groups excluding tert-OH is 1. The Bertz CT molecular complexity index is 1550. The molecule has 0 rings (SSSR count). The summed E-state index contributed by atoms with van der Waals surface area (Å²) in [4.78, 5) is 25.6. The molecule has 0 bridgehead atoms. The van der Waals surface area contributed by atoms with Gasteiger partial charge in [0.05, 0.1) is 39.9 Å². The molecule has 0 saturated heterocycles. The van der Waals surface area contributed by atoms with Gasteiger partial charge in [0, 0.05) is 6.42 Å². The van der Waals surface area contributed by atoms with Crippen molar-refractivity contribution in [2.45, 2.75) is 309 Å². The molecule has 0 aromatic heterocycles. The fourth-order valence-electron chi connectivity index (χ4n) is 9.47. The minimum absolute atomic E-state index is 0.0107. The molecule has 0 aromatic rings. The van der Waals surface area contributed by atoms with E-state index in [1.807, 2.05) is 27.2 Å². The average Bonchev–Trinajstić information content (AvgIpc) is 3.41. The van der Waals surface area contributed by atoms with E-state index >= 15 is 0 Å². The average molecular weight is 1110 g/mol. The van der Waals surface area contributed by atoms with E-state index in [2.05, 4.69) is 92.1 Å². The highest BCUT2D eigenvalue weighted by atomic mass is 31.2. The van der Waals surface area contributed by atoms with Crippen LogP contribution in [-0.4, -0.2) is 68.5 Å². The number of phosphoric ester groups is 1. The molecule has 0 fully saturated rings. The van der Waals surface area contributed by atoms with E-state index in [0.29, 0.717) is 17.4 Å². The fraction of sp³-hybridized carbons (Fsp3) is 0.783. The van der Waals surface area contributed by atoms with E-state index in [1.54, 1.807) is 6.08 Å². The summed E-state index contributed by atoms with van der Waals surface area (Å²) < 4.78 is 23.4. The van der Waals surface area contributed by atoms with Gasteiger partial charge in [-0.3, -0.25) is 9.36 Å². The van der Waals surface area contributed by atoms with Crippen molar-refractivity contribution in [1.82, 2.24) is 5.32 Å². The zero-order valence-corrected chi connectivity index (χ0v) is 52.7. The van der Waals surface area contributed by atoms with E-state index < -0.39 is 26.6 Å². The first-order valence-corrected chi connectivity index (χ1v) is 34.4. The number of rotatable bonds is 60. The lowest BCUT2D eigenvalue weighted by atomic mass is 10.0. The maximum atomic E-state index is 13.0. The van der Waals surface area contributed by atoms with Crippen LogP contribution in [0.1, 0.15) is 296 Å². The van der Waals surface area contributed by atoms with Crippen LogP contribution in [0.5, 0.6) is 0 Å². The molecule has 3 unspecified atom stereocenters. The van der Waals surface area contributed by atoms with Crippen LogP contribution in [0.25, 0.3) is 0 Å². The van der Waals surface area contributed by atoms with Crippen LogP contribution < -0.4 is 10.2 Å². The largest absolute Gasteiger partial charge is 0.756 e. The van der Waals surface area contributed by atoms with E-state index in [0.717, 1.165) is 70.6 Å². The van der Waals surface area contributed by atoms with Gasteiger partial charge in [-0.1, -0.05) is 292 Å². The highest BCUT2D eigenvalue weighted by Gasteiger charge is 2.23. The van der Waals surface area contributed by atoms with Gasteiger partial charge in [-0.2, -0.15) is 0 Å². The van der Waals surface area contributed by atoms with Crippen LogP contribution in [0, 0.1) is 0 Å². The van der Waals surface area contributed by atoms with Crippen molar-refractivity contribution in [3.8, 4) is 0 Å². The Kier molecular flexibility index (Phi) is 57.5. The second-order valence-electron chi connectivity index (χ2n) is 23.4. The van der Waals surface area contributed by atoms with E-state index in [4.69, 9.17) is 9.05 Å². The predicted octanol–water partition coefficient (Wildman–Crippen LogP) is 20.1. The molecule has 0 saturated carbocycles. The maximum Gasteiger partial charge on any atom is 0.268 e. The van der Waals surface area contributed by atoms with Crippen LogP contribution in [0.3, 0.4) is 0 Å². The standard InChI is InChI=1S/C69H127N2O6P/c1-6-8-10-12-14-16-18-20-22-24-26-28-30-32-33-34-35-36-37-39-41-43-45-47-49-51-53-55-57-59-61-63-69(73)70-67(66-77-78(74,75)76-65-64-71(3,4)5)68(72)62-60-58-56-54-52-50-48-46-44-42-40-38-31-29-27-25-23-21-19-17-15-13-11-9-7-2/h8,10,14,16,20,22,26,28,44,46,52,54,60,62,67-68,72H,6-7,9,11-13,15,17-19,21,23-25,27,29-43,45,47-51,53,55-59,61,63-66H2,1-5H3,(H-,70,73,74,75)/b10-8-,16-14-,22-20-,28-26-,46-44+,54-52+,62-60+. The van der Waals surface area contributed by atoms with Gasteiger partial charge in [-0.25, -0.2) is 0 Å². The van der Waals surface area contributed by atoms with Crippen LogP contribution in [-0.2, 0) is 18.4 Å². The summed E-state index contributed by atoms with van der Waals surface area (Å²) in [6.45, 7) is 4.54. The van der Waals surface area contributed by atoms with Gasteiger partial charge in [-0.05, 0) is 83.5 Å².